The summed E-state index contributed by atoms with van der Waals surface area (Å²) in [5, 5.41) is 4.03. The van der Waals surface area contributed by atoms with Gasteiger partial charge in [0, 0.05) is 10.6 Å². The monoisotopic (exact) mass is 398 g/mol. The zero-order valence-electron chi connectivity index (χ0n) is 14.2. The summed E-state index contributed by atoms with van der Waals surface area (Å²) < 4.78 is 4.78. The summed E-state index contributed by atoms with van der Waals surface area (Å²) in [4.78, 5) is 29.7. The number of halogens is 1. The van der Waals surface area contributed by atoms with Crippen LogP contribution in [-0.4, -0.2) is 42.0 Å². The molecule has 1 N–H and O–H groups in total. The SMILES string of the molecule is COC(=O)[C@H](CCSC)NC(=O)c1nc(C)sc1-c1ccccc1Cl. The third kappa shape index (κ3) is 4.96. The average molecular weight is 399 g/mol. The first kappa shape index (κ1) is 19.8. The molecule has 2 rings (SSSR count). The number of aromatic nitrogens is 1. The van der Waals surface area contributed by atoms with E-state index in [1.165, 1.54) is 18.4 Å². The summed E-state index contributed by atoms with van der Waals surface area (Å²) in [5.41, 5.74) is 1.02. The molecule has 1 heterocycles. The molecule has 1 amide bonds. The summed E-state index contributed by atoms with van der Waals surface area (Å²) >= 11 is 9.25. The number of nitrogens with zero attached hydrogens (tertiary/aromatic N) is 1. The third-order valence-corrected chi connectivity index (χ3v) is 5.45. The minimum absolute atomic E-state index is 0.272. The van der Waals surface area contributed by atoms with Crippen LogP contribution < -0.4 is 5.32 Å². The van der Waals surface area contributed by atoms with Crippen molar-refractivity contribution in [2.75, 3.05) is 19.1 Å². The lowest BCUT2D eigenvalue weighted by atomic mass is 10.1. The number of aryl methyl sites for hydroxylation is 1. The number of thiazole rings is 1. The van der Waals surface area contributed by atoms with Gasteiger partial charge in [-0.1, -0.05) is 29.8 Å². The second-order valence-electron chi connectivity index (χ2n) is 5.22. The van der Waals surface area contributed by atoms with Crippen LogP contribution in [0.4, 0.5) is 0 Å². The molecule has 1 aromatic carbocycles. The van der Waals surface area contributed by atoms with Crippen LogP contribution >= 0.6 is 34.7 Å². The highest BCUT2D eigenvalue weighted by Gasteiger charge is 2.26. The number of methoxy groups -OCH3 is 1. The Balaban J connectivity index is 2.30. The van der Waals surface area contributed by atoms with Gasteiger partial charge in [-0.05, 0) is 31.4 Å². The van der Waals surface area contributed by atoms with Crippen LogP contribution in [0.15, 0.2) is 24.3 Å². The van der Waals surface area contributed by atoms with E-state index in [0.29, 0.717) is 16.3 Å². The van der Waals surface area contributed by atoms with Crippen LogP contribution in [0.3, 0.4) is 0 Å². The summed E-state index contributed by atoms with van der Waals surface area (Å²) in [6, 6.07) is 6.59. The van der Waals surface area contributed by atoms with Crippen molar-refractivity contribution in [2.24, 2.45) is 0 Å². The van der Waals surface area contributed by atoms with Crippen LogP contribution in [0.2, 0.25) is 5.02 Å². The minimum Gasteiger partial charge on any atom is -0.467 e. The number of carbonyl (C=O) groups is 2. The molecule has 0 saturated carbocycles. The maximum absolute atomic E-state index is 12.7. The standard InChI is InChI=1S/C17H19ClN2O3S2/c1-10-19-14(15(25-10)11-6-4-5-7-12(11)18)16(21)20-13(8-9-24-3)17(22)23-2/h4-7,13H,8-9H2,1-3H3,(H,20,21)/t13-/m0/s1. The predicted molar refractivity (Wildman–Crippen MR) is 104 cm³/mol. The van der Waals surface area contributed by atoms with E-state index in [-0.39, 0.29) is 5.69 Å². The van der Waals surface area contributed by atoms with Crippen molar-refractivity contribution in [3.63, 3.8) is 0 Å². The molecule has 134 valence electrons. The van der Waals surface area contributed by atoms with E-state index >= 15 is 0 Å². The molecule has 5 nitrogen and oxygen atoms in total. The molecule has 1 aromatic heterocycles. The molecule has 2 aromatic rings. The van der Waals surface area contributed by atoms with Gasteiger partial charge < -0.3 is 10.1 Å². The molecule has 0 bridgehead atoms. The van der Waals surface area contributed by atoms with Crippen LogP contribution in [0.25, 0.3) is 10.4 Å². The summed E-state index contributed by atoms with van der Waals surface area (Å²) in [5.74, 6) is -0.141. The number of rotatable bonds is 7. The Morgan fingerprint density at radius 1 is 1.40 bits per heavy atom. The van der Waals surface area contributed by atoms with Gasteiger partial charge in [-0.3, -0.25) is 4.79 Å². The number of ether oxygens (including phenoxy) is 1. The van der Waals surface area contributed by atoms with E-state index in [4.69, 9.17) is 16.3 Å². The first-order valence-corrected chi connectivity index (χ1v) is 10.2. The first-order valence-electron chi connectivity index (χ1n) is 7.57. The van der Waals surface area contributed by atoms with Crippen molar-refractivity contribution in [2.45, 2.75) is 19.4 Å². The highest BCUT2D eigenvalue weighted by Crippen LogP contribution is 2.35. The number of hydrogen-bond donors (Lipinski definition) is 1. The summed E-state index contributed by atoms with van der Waals surface area (Å²) in [6.07, 6.45) is 2.43. The molecule has 1 atom stereocenters. The summed E-state index contributed by atoms with van der Waals surface area (Å²) in [6.45, 7) is 1.83. The largest absolute Gasteiger partial charge is 0.467 e. The topological polar surface area (TPSA) is 68.3 Å². The van der Waals surface area contributed by atoms with Gasteiger partial charge in [0.1, 0.15) is 11.7 Å². The fourth-order valence-electron chi connectivity index (χ4n) is 2.26. The van der Waals surface area contributed by atoms with Gasteiger partial charge in [-0.25, -0.2) is 9.78 Å². The van der Waals surface area contributed by atoms with Gasteiger partial charge in [-0.2, -0.15) is 11.8 Å². The molecular weight excluding hydrogens is 380 g/mol. The number of amides is 1. The van der Waals surface area contributed by atoms with Crippen LogP contribution in [0.5, 0.6) is 0 Å². The van der Waals surface area contributed by atoms with E-state index in [9.17, 15) is 9.59 Å². The van der Waals surface area contributed by atoms with Crippen molar-refractivity contribution in [1.82, 2.24) is 10.3 Å². The van der Waals surface area contributed by atoms with Crippen LogP contribution in [0, 0.1) is 6.92 Å². The molecule has 0 unspecified atom stereocenters. The van der Waals surface area contributed by atoms with Gasteiger partial charge >= 0.3 is 5.97 Å². The van der Waals surface area contributed by atoms with E-state index < -0.39 is 17.9 Å². The van der Waals surface area contributed by atoms with Crippen molar-refractivity contribution >= 4 is 46.6 Å². The number of benzene rings is 1. The Labute approximate surface area is 160 Å². The minimum atomic E-state index is -0.703. The molecule has 8 heteroatoms. The smallest absolute Gasteiger partial charge is 0.328 e. The molecular formula is C17H19ClN2O3S2. The number of thioether (sulfide) groups is 1. The normalized spacial score (nSPS) is 11.8. The lowest BCUT2D eigenvalue weighted by Crippen LogP contribution is -2.42. The third-order valence-electron chi connectivity index (χ3n) is 3.47. The Kier molecular flexibility index (Phi) is 7.28. The van der Waals surface area contributed by atoms with Gasteiger partial charge in [0.2, 0.25) is 0 Å². The average Bonchev–Trinajstić information content (AvgIpc) is 2.99. The lowest BCUT2D eigenvalue weighted by molar-refractivity contribution is -0.142. The number of hydrogen-bond acceptors (Lipinski definition) is 6. The van der Waals surface area contributed by atoms with E-state index in [1.807, 2.05) is 31.4 Å². The highest BCUT2D eigenvalue weighted by atomic mass is 35.5. The number of carbonyl (C=O) groups excluding carboxylic acids is 2. The van der Waals surface area contributed by atoms with Gasteiger partial charge in [0.05, 0.1) is 17.0 Å². The molecule has 0 aliphatic carbocycles. The molecule has 0 aliphatic heterocycles. The van der Waals surface area contributed by atoms with Crippen LogP contribution in [-0.2, 0) is 9.53 Å². The Hall–Kier alpha value is -1.57. The maximum atomic E-state index is 12.7. The van der Waals surface area contributed by atoms with E-state index in [0.717, 1.165) is 16.3 Å². The fraction of sp³-hybridized carbons (Fsp3) is 0.353. The molecule has 25 heavy (non-hydrogen) atoms. The second-order valence-corrected chi connectivity index (χ2v) is 7.82. The highest BCUT2D eigenvalue weighted by molar-refractivity contribution is 7.98. The number of esters is 1. The molecule has 0 aliphatic rings. The maximum Gasteiger partial charge on any atom is 0.328 e. The van der Waals surface area contributed by atoms with Crippen molar-refractivity contribution in [3.8, 4) is 10.4 Å². The van der Waals surface area contributed by atoms with Crippen LogP contribution in [0.1, 0.15) is 21.9 Å². The zero-order valence-corrected chi connectivity index (χ0v) is 16.6. The van der Waals surface area contributed by atoms with E-state index in [2.05, 4.69) is 10.3 Å². The van der Waals surface area contributed by atoms with Crippen molar-refractivity contribution in [3.05, 3.63) is 40.0 Å². The predicted octanol–water partition coefficient (Wildman–Crippen LogP) is 3.80. The lowest BCUT2D eigenvalue weighted by Gasteiger charge is -2.15. The second kappa shape index (κ2) is 9.22. The Morgan fingerprint density at radius 3 is 2.76 bits per heavy atom. The first-order chi connectivity index (χ1) is 12.0. The van der Waals surface area contributed by atoms with Gasteiger partial charge in [-0.15, -0.1) is 11.3 Å². The van der Waals surface area contributed by atoms with Crippen molar-refractivity contribution < 1.29 is 14.3 Å². The molecule has 0 saturated heterocycles. The fourth-order valence-corrected chi connectivity index (χ4v) is 3.98. The summed E-state index contributed by atoms with van der Waals surface area (Å²) in [7, 11) is 1.31. The Bertz CT molecular complexity index is 764. The molecule has 0 fully saturated rings. The Morgan fingerprint density at radius 2 is 2.12 bits per heavy atom. The quantitative estimate of drug-likeness (QED) is 0.718. The van der Waals surface area contributed by atoms with Gasteiger partial charge in [0.25, 0.3) is 5.91 Å². The van der Waals surface area contributed by atoms with Gasteiger partial charge in [0.15, 0.2) is 0 Å². The molecule has 0 spiro atoms. The van der Waals surface area contributed by atoms with E-state index in [1.54, 1.807) is 17.8 Å². The molecule has 0 radical (unpaired) electrons. The zero-order chi connectivity index (χ0) is 18.4. The number of nitrogens with one attached hydrogen (secondary N) is 1. The van der Waals surface area contributed by atoms with Crippen molar-refractivity contribution in [1.29, 1.82) is 0 Å².